The van der Waals surface area contributed by atoms with Crippen molar-refractivity contribution in [1.82, 2.24) is 9.13 Å². The molecule has 0 aliphatic rings. The van der Waals surface area contributed by atoms with Crippen LogP contribution in [0.25, 0.3) is 87.7 Å². The van der Waals surface area contributed by atoms with Crippen molar-refractivity contribution in [2.75, 3.05) is 0 Å². The number of fused-ring (bicyclic) bond motifs is 9. The number of nitrogens with zero attached hydrogens (tertiary/aromatic N) is 2. The normalized spacial score (nSPS) is 11.9. The van der Waals surface area contributed by atoms with Gasteiger partial charge in [-0.1, -0.05) is 121 Å². The molecular weight excluding hydrogens is 556 g/mol. The van der Waals surface area contributed by atoms with Crippen LogP contribution in [0.3, 0.4) is 0 Å². The van der Waals surface area contributed by atoms with E-state index in [1.807, 2.05) is 0 Å². The van der Waals surface area contributed by atoms with Crippen molar-refractivity contribution in [3.8, 4) is 22.5 Å². The highest BCUT2D eigenvalue weighted by molar-refractivity contribution is 6.23. The van der Waals surface area contributed by atoms with Gasteiger partial charge in [0.1, 0.15) is 0 Å². The van der Waals surface area contributed by atoms with Crippen LogP contribution in [0, 0.1) is 0 Å². The van der Waals surface area contributed by atoms with Gasteiger partial charge in [-0.05, 0) is 70.4 Å². The molecule has 0 atom stereocenters. The molecule has 0 aliphatic carbocycles. The standard InChI is InChI=1S/C44H28N2/c1-2-15-31(16-3-1)45-41-22-10-8-19-34(41)38-27-30(25-26-43(38)45)37-28-39-35-20-9-11-23-42(35)46(44(39)36-21-7-6-18-33(36)37)40-24-12-14-29-13-4-5-17-32(29)40/h1-28H. The third kappa shape index (κ3) is 3.53. The summed E-state index contributed by atoms with van der Waals surface area (Å²) in [5, 5.41) is 10.1. The molecular formula is C44H28N2. The van der Waals surface area contributed by atoms with Gasteiger partial charge in [-0.3, -0.25) is 0 Å². The van der Waals surface area contributed by atoms with Crippen LogP contribution in [0.1, 0.15) is 0 Å². The third-order valence-electron chi connectivity index (χ3n) is 9.68. The van der Waals surface area contributed by atoms with Crippen LogP contribution in [0.2, 0.25) is 0 Å². The molecule has 10 rings (SSSR count). The van der Waals surface area contributed by atoms with Gasteiger partial charge in [-0.25, -0.2) is 0 Å². The summed E-state index contributed by atoms with van der Waals surface area (Å²) in [6, 6.07) is 62.0. The average molecular weight is 585 g/mol. The summed E-state index contributed by atoms with van der Waals surface area (Å²) in [4.78, 5) is 0. The SMILES string of the molecule is c1ccc(-n2c3ccccc3c3cc(-c4cc5c6ccccc6n(-c6cccc7ccccc67)c5c5ccccc45)ccc32)cc1. The molecule has 2 aromatic heterocycles. The highest BCUT2D eigenvalue weighted by Gasteiger charge is 2.20. The average Bonchev–Trinajstić information content (AvgIpc) is 3.64. The summed E-state index contributed by atoms with van der Waals surface area (Å²) >= 11 is 0. The van der Waals surface area contributed by atoms with Crippen molar-refractivity contribution in [2.45, 2.75) is 0 Å². The van der Waals surface area contributed by atoms with E-state index < -0.39 is 0 Å². The van der Waals surface area contributed by atoms with Gasteiger partial charge < -0.3 is 9.13 Å². The Morgan fingerprint density at radius 1 is 0.326 bits per heavy atom. The van der Waals surface area contributed by atoms with E-state index in [0.29, 0.717) is 0 Å². The molecule has 2 nitrogen and oxygen atoms in total. The molecule has 0 N–H and O–H groups in total. The summed E-state index contributed by atoms with van der Waals surface area (Å²) in [5.41, 5.74) is 9.77. The van der Waals surface area contributed by atoms with E-state index in [1.165, 1.54) is 87.7 Å². The van der Waals surface area contributed by atoms with Crippen LogP contribution < -0.4 is 0 Å². The molecule has 10 aromatic rings. The van der Waals surface area contributed by atoms with Crippen LogP contribution >= 0.6 is 0 Å². The number of hydrogen-bond acceptors (Lipinski definition) is 0. The minimum absolute atomic E-state index is 1.18. The molecule has 0 fully saturated rings. The van der Waals surface area contributed by atoms with E-state index in [0.717, 1.165) is 0 Å². The highest BCUT2D eigenvalue weighted by Crippen LogP contribution is 2.43. The number of hydrogen-bond donors (Lipinski definition) is 0. The maximum Gasteiger partial charge on any atom is 0.0620 e. The first kappa shape index (κ1) is 25.2. The third-order valence-corrected chi connectivity index (χ3v) is 9.68. The fourth-order valence-corrected chi connectivity index (χ4v) is 7.71. The second-order valence-electron chi connectivity index (χ2n) is 12.1. The maximum atomic E-state index is 2.48. The molecule has 0 amide bonds. The van der Waals surface area contributed by atoms with Crippen molar-refractivity contribution in [3.63, 3.8) is 0 Å². The lowest BCUT2D eigenvalue weighted by atomic mass is 9.94. The molecule has 46 heavy (non-hydrogen) atoms. The van der Waals surface area contributed by atoms with Crippen molar-refractivity contribution in [1.29, 1.82) is 0 Å². The smallest absolute Gasteiger partial charge is 0.0620 e. The van der Waals surface area contributed by atoms with Crippen LogP contribution in [-0.4, -0.2) is 9.13 Å². The number of benzene rings is 8. The Bertz CT molecular complexity index is 2790. The van der Waals surface area contributed by atoms with E-state index in [2.05, 4.69) is 179 Å². The Morgan fingerprint density at radius 2 is 0.913 bits per heavy atom. The van der Waals surface area contributed by atoms with E-state index in [-0.39, 0.29) is 0 Å². The first-order valence-electron chi connectivity index (χ1n) is 15.9. The Labute approximate surface area is 266 Å². The first-order valence-corrected chi connectivity index (χ1v) is 15.9. The quantitative estimate of drug-likeness (QED) is 0.195. The Hall–Kier alpha value is -6.12. The highest BCUT2D eigenvalue weighted by atomic mass is 15.0. The Kier molecular flexibility index (Phi) is 5.31. The summed E-state index contributed by atoms with van der Waals surface area (Å²) in [6.45, 7) is 0. The van der Waals surface area contributed by atoms with Gasteiger partial charge in [-0.2, -0.15) is 0 Å². The zero-order valence-corrected chi connectivity index (χ0v) is 25.1. The van der Waals surface area contributed by atoms with E-state index in [4.69, 9.17) is 0 Å². The second-order valence-corrected chi connectivity index (χ2v) is 12.1. The first-order chi connectivity index (χ1) is 22.8. The summed E-state index contributed by atoms with van der Waals surface area (Å²) in [5.74, 6) is 0. The van der Waals surface area contributed by atoms with Crippen LogP contribution in [0.4, 0.5) is 0 Å². The largest absolute Gasteiger partial charge is 0.309 e. The molecule has 0 unspecified atom stereocenters. The molecule has 214 valence electrons. The molecule has 0 saturated carbocycles. The van der Waals surface area contributed by atoms with Crippen LogP contribution in [0.5, 0.6) is 0 Å². The molecule has 2 heteroatoms. The fourth-order valence-electron chi connectivity index (χ4n) is 7.71. The zero-order valence-electron chi connectivity index (χ0n) is 25.1. The fraction of sp³-hybridized carbons (Fsp3) is 0. The van der Waals surface area contributed by atoms with Gasteiger partial charge in [0, 0.05) is 38.0 Å². The van der Waals surface area contributed by atoms with Gasteiger partial charge in [0.05, 0.1) is 27.8 Å². The number of para-hydroxylation sites is 3. The van der Waals surface area contributed by atoms with Crippen molar-refractivity contribution >= 4 is 65.2 Å². The Morgan fingerprint density at radius 3 is 1.72 bits per heavy atom. The lowest BCUT2D eigenvalue weighted by Gasteiger charge is -2.15. The minimum atomic E-state index is 1.18. The van der Waals surface area contributed by atoms with Gasteiger partial charge in [0.15, 0.2) is 0 Å². The van der Waals surface area contributed by atoms with E-state index in [1.54, 1.807) is 0 Å². The maximum absolute atomic E-state index is 2.48. The summed E-state index contributed by atoms with van der Waals surface area (Å²) in [6.07, 6.45) is 0. The molecule has 0 spiro atoms. The van der Waals surface area contributed by atoms with Gasteiger partial charge in [0.2, 0.25) is 0 Å². The monoisotopic (exact) mass is 584 g/mol. The molecule has 0 bridgehead atoms. The lowest BCUT2D eigenvalue weighted by Crippen LogP contribution is -1.96. The van der Waals surface area contributed by atoms with Gasteiger partial charge in [-0.15, -0.1) is 0 Å². The molecule has 2 heterocycles. The van der Waals surface area contributed by atoms with Gasteiger partial charge >= 0.3 is 0 Å². The number of rotatable bonds is 3. The lowest BCUT2D eigenvalue weighted by molar-refractivity contribution is 1.18. The minimum Gasteiger partial charge on any atom is -0.309 e. The van der Waals surface area contributed by atoms with E-state index >= 15 is 0 Å². The van der Waals surface area contributed by atoms with Gasteiger partial charge in [0.25, 0.3) is 0 Å². The van der Waals surface area contributed by atoms with Crippen molar-refractivity contribution in [2.24, 2.45) is 0 Å². The molecule has 0 saturated heterocycles. The number of aromatic nitrogens is 2. The summed E-state index contributed by atoms with van der Waals surface area (Å²) < 4.78 is 4.86. The zero-order chi connectivity index (χ0) is 30.2. The molecule has 0 radical (unpaired) electrons. The molecule has 8 aromatic carbocycles. The van der Waals surface area contributed by atoms with Crippen molar-refractivity contribution < 1.29 is 0 Å². The second kappa shape index (κ2) is 9.69. The Balaban J connectivity index is 1.31. The van der Waals surface area contributed by atoms with Crippen LogP contribution in [-0.2, 0) is 0 Å². The van der Waals surface area contributed by atoms with Crippen LogP contribution in [0.15, 0.2) is 170 Å². The summed E-state index contributed by atoms with van der Waals surface area (Å²) in [7, 11) is 0. The topological polar surface area (TPSA) is 9.86 Å². The predicted molar refractivity (Wildman–Crippen MR) is 196 cm³/mol. The van der Waals surface area contributed by atoms with Crippen molar-refractivity contribution in [3.05, 3.63) is 170 Å². The van der Waals surface area contributed by atoms with E-state index in [9.17, 15) is 0 Å². The molecule has 0 aliphatic heterocycles. The predicted octanol–water partition coefficient (Wildman–Crippen LogP) is 11.9.